The molecule has 4 nitrogen and oxygen atoms in total. The van der Waals surface area contributed by atoms with Crippen LogP contribution in [-0.4, -0.2) is 10.1 Å². The standard InChI is InChI=1S/C14H9ClFN3O/c15-10-7-8(16)4-5-9(10)12-13(20-19-14(12)17)11-3-1-2-6-18-11/h1-7H,(H2,17,19). The highest BCUT2D eigenvalue weighted by molar-refractivity contribution is 6.33. The van der Waals surface area contributed by atoms with Gasteiger partial charge in [-0.15, -0.1) is 0 Å². The summed E-state index contributed by atoms with van der Waals surface area (Å²) in [7, 11) is 0. The van der Waals surface area contributed by atoms with E-state index in [1.54, 1.807) is 18.3 Å². The summed E-state index contributed by atoms with van der Waals surface area (Å²) < 4.78 is 18.4. The Morgan fingerprint density at radius 1 is 1.20 bits per heavy atom. The number of nitrogens with two attached hydrogens (primary N) is 1. The Bertz CT molecular complexity index is 758. The Morgan fingerprint density at radius 3 is 2.75 bits per heavy atom. The summed E-state index contributed by atoms with van der Waals surface area (Å²) in [6.45, 7) is 0. The first-order chi connectivity index (χ1) is 9.66. The lowest BCUT2D eigenvalue weighted by atomic mass is 10.0. The fraction of sp³-hybridized carbons (Fsp3) is 0. The number of benzene rings is 1. The molecule has 3 aromatic rings. The van der Waals surface area contributed by atoms with Gasteiger partial charge in [-0.2, -0.15) is 0 Å². The highest BCUT2D eigenvalue weighted by Gasteiger charge is 2.20. The molecule has 0 atom stereocenters. The quantitative estimate of drug-likeness (QED) is 0.780. The van der Waals surface area contributed by atoms with Crippen molar-refractivity contribution in [3.8, 4) is 22.6 Å². The van der Waals surface area contributed by atoms with Crippen LogP contribution in [0.25, 0.3) is 22.6 Å². The van der Waals surface area contributed by atoms with E-state index in [0.29, 0.717) is 22.6 Å². The van der Waals surface area contributed by atoms with Gasteiger partial charge in [0.25, 0.3) is 0 Å². The Labute approximate surface area is 119 Å². The number of nitrogen functional groups attached to an aromatic ring is 1. The SMILES string of the molecule is Nc1noc(-c2ccccn2)c1-c1ccc(F)cc1Cl. The molecular weight excluding hydrogens is 281 g/mol. The van der Waals surface area contributed by atoms with Gasteiger partial charge in [0, 0.05) is 11.8 Å². The van der Waals surface area contributed by atoms with Gasteiger partial charge in [0.1, 0.15) is 11.5 Å². The lowest BCUT2D eigenvalue weighted by molar-refractivity contribution is 0.435. The van der Waals surface area contributed by atoms with Crippen molar-refractivity contribution in [2.24, 2.45) is 0 Å². The molecule has 100 valence electrons. The van der Waals surface area contributed by atoms with E-state index in [9.17, 15) is 4.39 Å². The summed E-state index contributed by atoms with van der Waals surface area (Å²) in [4.78, 5) is 4.19. The van der Waals surface area contributed by atoms with E-state index in [1.165, 1.54) is 18.2 Å². The minimum Gasteiger partial charge on any atom is -0.380 e. The molecule has 0 unspecified atom stereocenters. The van der Waals surface area contributed by atoms with Crippen LogP contribution in [0.1, 0.15) is 0 Å². The summed E-state index contributed by atoms with van der Waals surface area (Å²) in [5, 5.41) is 3.98. The number of hydrogen-bond acceptors (Lipinski definition) is 4. The molecule has 0 saturated carbocycles. The van der Waals surface area contributed by atoms with Crippen LogP contribution in [0.2, 0.25) is 5.02 Å². The number of nitrogens with zero attached hydrogens (tertiary/aromatic N) is 2. The van der Waals surface area contributed by atoms with Gasteiger partial charge in [-0.25, -0.2) is 4.39 Å². The molecule has 0 bridgehead atoms. The molecule has 0 spiro atoms. The lowest BCUT2D eigenvalue weighted by Crippen LogP contribution is -1.91. The van der Waals surface area contributed by atoms with Crippen LogP contribution < -0.4 is 5.73 Å². The molecular formula is C14H9ClFN3O. The van der Waals surface area contributed by atoms with Crippen LogP contribution in [0, 0.1) is 5.82 Å². The van der Waals surface area contributed by atoms with Crippen LogP contribution in [0.15, 0.2) is 47.1 Å². The summed E-state index contributed by atoms with van der Waals surface area (Å²) >= 11 is 6.07. The average Bonchev–Trinajstić information content (AvgIpc) is 2.82. The molecule has 6 heteroatoms. The lowest BCUT2D eigenvalue weighted by Gasteiger charge is -2.04. The normalized spacial score (nSPS) is 10.7. The number of anilines is 1. The van der Waals surface area contributed by atoms with Crippen molar-refractivity contribution < 1.29 is 8.91 Å². The highest BCUT2D eigenvalue weighted by Crippen LogP contribution is 2.39. The highest BCUT2D eigenvalue weighted by atomic mass is 35.5. The van der Waals surface area contributed by atoms with Gasteiger partial charge in [-0.3, -0.25) is 4.98 Å². The number of halogens is 2. The Hall–Kier alpha value is -2.40. The topological polar surface area (TPSA) is 64.9 Å². The maximum absolute atomic E-state index is 13.1. The van der Waals surface area contributed by atoms with Crippen molar-refractivity contribution in [2.45, 2.75) is 0 Å². The zero-order chi connectivity index (χ0) is 14.1. The average molecular weight is 290 g/mol. The molecule has 0 aliphatic heterocycles. The minimum atomic E-state index is -0.423. The molecule has 1 aromatic carbocycles. The summed E-state index contributed by atoms with van der Waals surface area (Å²) in [5.41, 5.74) is 7.47. The van der Waals surface area contributed by atoms with Gasteiger partial charge in [-0.05, 0) is 30.3 Å². The zero-order valence-electron chi connectivity index (χ0n) is 10.2. The van der Waals surface area contributed by atoms with E-state index >= 15 is 0 Å². The van der Waals surface area contributed by atoms with Crippen LogP contribution in [0.4, 0.5) is 10.2 Å². The predicted molar refractivity (Wildman–Crippen MR) is 74.6 cm³/mol. The second-order valence-electron chi connectivity index (χ2n) is 4.11. The van der Waals surface area contributed by atoms with Crippen molar-refractivity contribution >= 4 is 17.4 Å². The Morgan fingerprint density at radius 2 is 2.05 bits per heavy atom. The van der Waals surface area contributed by atoms with Crippen molar-refractivity contribution in [2.75, 3.05) is 5.73 Å². The van der Waals surface area contributed by atoms with E-state index in [0.717, 1.165) is 0 Å². The Kier molecular flexibility index (Phi) is 3.12. The number of aromatic nitrogens is 2. The van der Waals surface area contributed by atoms with Gasteiger partial charge in [0.05, 0.1) is 10.6 Å². The van der Waals surface area contributed by atoms with Crippen LogP contribution in [-0.2, 0) is 0 Å². The van der Waals surface area contributed by atoms with Crippen molar-refractivity contribution in [3.63, 3.8) is 0 Å². The molecule has 2 aromatic heterocycles. The summed E-state index contributed by atoms with van der Waals surface area (Å²) in [6.07, 6.45) is 1.63. The number of hydrogen-bond donors (Lipinski definition) is 1. The zero-order valence-corrected chi connectivity index (χ0v) is 10.9. The van der Waals surface area contributed by atoms with Crippen molar-refractivity contribution in [1.29, 1.82) is 0 Å². The molecule has 3 rings (SSSR count). The maximum Gasteiger partial charge on any atom is 0.195 e. The van der Waals surface area contributed by atoms with Gasteiger partial charge in [0.2, 0.25) is 0 Å². The third-order valence-corrected chi connectivity index (χ3v) is 3.13. The molecule has 2 N–H and O–H groups in total. The maximum atomic E-state index is 13.1. The van der Waals surface area contributed by atoms with E-state index in [-0.39, 0.29) is 10.8 Å². The first kappa shape index (κ1) is 12.6. The first-order valence-corrected chi connectivity index (χ1v) is 6.16. The second-order valence-corrected chi connectivity index (χ2v) is 4.52. The van der Waals surface area contributed by atoms with Crippen LogP contribution >= 0.6 is 11.6 Å². The second kappa shape index (κ2) is 4.94. The molecule has 0 aliphatic carbocycles. The first-order valence-electron chi connectivity index (χ1n) is 5.79. The van der Waals surface area contributed by atoms with E-state index in [2.05, 4.69) is 10.1 Å². The predicted octanol–water partition coefficient (Wildman–Crippen LogP) is 3.78. The molecule has 2 heterocycles. The van der Waals surface area contributed by atoms with Crippen molar-refractivity contribution in [3.05, 3.63) is 53.4 Å². The molecule has 20 heavy (non-hydrogen) atoms. The summed E-state index contributed by atoms with van der Waals surface area (Å²) in [6, 6.07) is 9.42. The van der Waals surface area contributed by atoms with Crippen LogP contribution in [0.3, 0.4) is 0 Å². The van der Waals surface area contributed by atoms with Crippen LogP contribution in [0.5, 0.6) is 0 Å². The van der Waals surface area contributed by atoms with E-state index < -0.39 is 5.82 Å². The third kappa shape index (κ3) is 2.12. The molecule has 0 fully saturated rings. The number of pyridine rings is 1. The van der Waals surface area contributed by atoms with Gasteiger partial charge in [-0.1, -0.05) is 22.8 Å². The van der Waals surface area contributed by atoms with E-state index in [4.69, 9.17) is 21.9 Å². The van der Waals surface area contributed by atoms with Gasteiger partial charge < -0.3 is 10.3 Å². The minimum absolute atomic E-state index is 0.180. The molecule has 0 amide bonds. The third-order valence-electron chi connectivity index (χ3n) is 2.82. The van der Waals surface area contributed by atoms with Crippen molar-refractivity contribution in [1.82, 2.24) is 10.1 Å². The van der Waals surface area contributed by atoms with E-state index in [1.807, 2.05) is 6.07 Å². The van der Waals surface area contributed by atoms with Gasteiger partial charge in [0.15, 0.2) is 11.6 Å². The monoisotopic (exact) mass is 289 g/mol. The largest absolute Gasteiger partial charge is 0.380 e. The Balaban J connectivity index is 2.22. The number of rotatable bonds is 2. The van der Waals surface area contributed by atoms with Gasteiger partial charge >= 0.3 is 0 Å². The molecule has 0 saturated heterocycles. The molecule has 0 aliphatic rings. The smallest absolute Gasteiger partial charge is 0.195 e. The summed E-state index contributed by atoms with van der Waals surface area (Å²) in [5.74, 6) is 0.156. The fourth-order valence-corrected chi connectivity index (χ4v) is 2.19. The molecule has 0 radical (unpaired) electrons. The fourth-order valence-electron chi connectivity index (χ4n) is 1.93.